The van der Waals surface area contributed by atoms with E-state index in [0.29, 0.717) is 24.5 Å². The summed E-state index contributed by atoms with van der Waals surface area (Å²) in [6, 6.07) is 10.2. The SMILES string of the molecule is Cc1ocnc1C(=O)N1CCC([C@H](O)CCc2ccccc2)CC1. The van der Waals surface area contributed by atoms with E-state index in [0.717, 1.165) is 25.7 Å². The molecule has 128 valence electrons. The molecule has 1 fully saturated rings. The summed E-state index contributed by atoms with van der Waals surface area (Å²) in [7, 11) is 0. The normalized spacial score (nSPS) is 17.0. The molecule has 1 atom stereocenters. The van der Waals surface area contributed by atoms with Gasteiger partial charge in [-0.1, -0.05) is 30.3 Å². The minimum Gasteiger partial charge on any atom is -0.448 e. The van der Waals surface area contributed by atoms with Crippen molar-refractivity contribution < 1.29 is 14.3 Å². The molecule has 1 amide bonds. The van der Waals surface area contributed by atoms with E-state index in [4.69, 9.17) is 4.42 Å². The van der Waals surface area contributed by atoms with Gasteiger partial charge < -0.3 is 14.4 Å². The summed E-state index contributed by atoms with van der Waals surface area (Å²) in [6.45, 7) is 3.08. The molecule has 1 saturated heterocycles. The Bertz CT molecular complexity index is 660. The fourth-order valence-electron chi connectivity index (χ4n) is 3.34. The molecule has 1 aliphatic heterocycles. The molecule has 5 heteroatoms. The van der Waals surface area contributed by atoms with E-state index in [1.54, 1.807) is 6.92 Å². The fourth-order valence-corrected chi connectivity index (χ4v) is 3.34. The fraction of sp³-hybridized carbons (Fsp3) is 0.474. The number of amides is 1. The summed E-state index contributed by atoms with van der Waals surface area (Å²) < 4.78 is 5.11. The van der Waals surface area contributed by atoms with Crippen LogP contribution in [0.5, 0.6) is 0 Å². The topological polar surface area (TPSA) is 66.6 Å². The molecule has 0 unspecified atom stereocenters. The third-order valence-corrected chi connectivity index (χ3v) is 4.89. The Balaban J connectivity index is 1.48. The van der Waals surface area contributed by atoms with Crippen LogP contribution in [0.2, 0.25) is 0 Å². The summed E-state index contributed by atoms with van der Waals surface area (Å²) in [5.74, 6) is 0.750. The van der Waals surface area contributed by atoms with Gasteiger partial charge in [-0.05, 0) is 44.1 Å². The van der Waals surface area contributed by atoms with Crippen LogP contribution in [0.3, 0.4) is 0 Å². The highest BCUT2D eigenvalue weighted by Gasteiger charge is 2.29. The number of oxazole rings is 1. The van der Waals surface area contributed by atoms with Gasteiger partial charge in [0.15, 0.2) is 12.1 Å². The predicted molar refractivity (Wildman–Crippen MR) is 90.6 cm³/mol. The Morgan fingerprint density at radius 1 is 1.33 bits per heavy atom. The van der Waals surface area contributed by atoms with Gasteiger partial charge in [0.1, 0.15) is 5.76 Å². The standard InChI is InChI=1S/C19H24N2O3/c1-14-18(20-13-24-14)19(23)21-11-9-16(10-12-21)17(22)8-7-15-5-3-2-4-6-15/h2-6,13,16-17,22H,7-12H2,1H3/t17-/m1/s1. The number of rotatable bonds is 5. The van der Waals surface area contributed by atoms with Crippen molar-refractivity contribution in [2.24, 2.45) is 5.92 Å². The summed E-state index contributed by atoms with van der Waals surface area (Å²) in [5.41, 5.74) is 1.66. The molecule has 1 aliphatic rings. The predicted octanol–water partition coefficient (Wildman–Crippen LogP) is 2.83. The van der Waals surface area contributed by atoms with Crippen molar-refractivity contribution in [3.05, 3.63) is 53.7 Å². The number of carbonyl (C=O) groups is 1. The van der Waals surface area contributed by atoms with Crippen molar-refractivity contribution >= 4 is 5.91 Å². The van der Waals surface area contributed by atoms with Gasteiger partial charge in [0.05, 0.1) is 6.10 Å². The number of piperidine rings is 1. The summed E-state index contributed by atoms with van der Waals surface area (Å²) >= 11 is 0. The molecule has 5 nitrogen and oxygen atoms in total. The Hall–Kier alpha value is -2.14. The van der Waals surface area contributed by atoms with Gasteiger partial charge in [-0.3, -0.25) is 4.79 Å². The van der Waals surface area contributed by atoms with Gasteiger partial charge in [0, 0.05) is 13.1 Å². The monoisotopic (exact) mass is 328 g/mol. The van der Waals surface area contributed by atoms with Gasteiger partial charge in [-0.25, -0.2) is 4.98 Å². The molecular formula is C19H24N2O3. The molecule has 0 saturated carbocycles. The molecule has 1 N–H and O–H groups in total. The molecule has 1 aromatic carbocycles. The van der Waals surface area contributed by atoms with Crippen molar-refractivity contribution in [1.29, 1.82) is 0 Å². The van der Waals surface area contributed by atoms with E-state index in [9.17, 15) is 9.90 Å². The van der Waals surface area contributed by atoms with Crippen LogP contribution in [0, 0.1) is 12.8 Å². The van der Waals surface area contributed by atoms with E-state index in [1.807, 2.05) is 23.1 Å². The average molecular weight is 328 g/mol. The van der Waals surface area contributed by atoms with Gasteiger partial charge >= 0.3 is 0 Å². The van der Waals surface area contributed by atoms with Crippen molar-refractivity contribution in [3.63, 3.8) is 0 Å². The molecule has 2 heterocycles. The van der Waals surface area contributed by atoms with Gasteiger partial charge in [0.2, 0.25) is 0 Å². The summed E-state index contributed by atoms with van der Waals surface area (Å²) in [6.07, 6.45) is 4.32. The number of aromatic nitrogens is 1. The van der Waals surface area contributed by atoms with Crippen molar-refractivity contribution in [1.82, 2.24) is 9.88 Å². The molecule has 0 radical (unpaired) electrons. The summed E-state index contributed by atoms with van der Waals surface area (Å²) in [5, 5.41) is 10.5. The minimum absolute atomic E-state index is 0.0709. The maximum atomic E-state index is 12.4. The second-order valence-electron chi connectivity index (χ2n) is 6.48. The van der Waals surface area contributed by atoms with Crippen molar-refractivity contribution in [2.75, 3.05) is 13.1 Å². The van der Waals surface area contributed by atoms with Gasteiger partial charge in [-0.2, -0.15) is 0 Å². The van der Waals surface area contributed by atoms with E-state index in [1.165, 1.54) is 12.0 Å². The molecular weight excluding hydrogens is 304 g/mol. The highest BCUT2D eigenvalue weighted by molar-refractivity contribution is 5.93. The first kappa shape index (κ1) is 16.7. The maximum Gasteiger partial charge on any atom is 0.276 e. The Kier molecular flexibility index (Phi) is 5.30. The highest BCUT2D eigenvalue weighted by Crippen LogP contribution is 2.24. The van der Waals surface area contributed by atoms with Crippen LogP contribution in [0.15, 0.2) is 41.1 Å². The number of aliphatic hydroxyl groups is 1. The number of aryl methyl sites for hydroxylation is 2. The zero-order valence-electron chi connectivity index (χ0n) is 14.0. The smallest absolute Gasteiger partial charge is 0.276 e. The molecule has 0 aliphatic carbocycles. The van der Waals surface area contributed by atoms with Crippen LogP contribution in [-0.4, -0.2) is 40.1 Å². The zero-order chi connectivity index (χ0) is 16.9. The van der Waals surface area contributed by atoms with Crippen LogP contribution in [0.1, 0.15) is 41.1 Å². The van der Waals surface area contributed by atoms with Gasteiger partial charge in [-0.15, -0.1) is 0 Å². The Labute approximate surface area is 142 Å². The number of aliphatic hydroxyl groups excluding tert-OH is 1. The quantitative estimate of drug-likeness (QED) is 0.916. The van der Waals surface area contributed by atoms with Crippen LogP contribution >= 0.6 is 0 Å². The van der Waals surface area contributed by atoms with E-state index in [2.05, 4.69) is 17.1 Å². The maximum absolute atomic E-state index is 12.4. The van der Waals surface area contributed by atoms with Crippen LogP contribution in [0.4, 0.5) is 0 Å². The Morgan fingerprint density at radius 2 is 2.04 bits per heavy atom. The minimum atomic E-state index is -0.309. The van der Waals surface area contributed by atoms with Gasteiger partial charge in [0.25, 0.3) is 5.91 Å². The largest absolute Gasteiger partial charge is 0.448 e. The zero-order valence-corrected chi connectivity index (χ0v) is 14.0. The lowest BCUT2D eigenvalue weighted by Crippen LogP contribution is -2.41. The third kappa shape index (κ3) is 3.85. The Morgan fingerprint density at radius 3 is 2.67 bits per heavy atom. The second-order valence-corrected chi connectivity index (χ2v) is 6.48. The van der Waals surface area contributed by atoms with Crippen LogP contribution in [0.25, 0.3) is 0 Å². The number of hydrogen-bond donors (Lipinski definition) is 1. The molecule has 0 spiro atoms. The lowest BCUT2D eigenvalue weighted by molar-refractivity contribution is 0.0433. The molecule has 24 heavy (non-hydrogen) atoms. The van der Waals surface area contributed by atoms with Crippen LogP contribution in [-0.2, 0) is 6.42 Å². The number of nitrogens with zero attached hydrogens (tertiary/aromatic N) is 2. The first-order valence-corrected chi connectivity index (χ1v) is 8.56. The van der Waals surface area contributed by atoms with Crippen molar-refractivity contribution in [2.45, 2.75) is 38.7 Å². The second kappa shape index (κ2) is 7.62. The molecule has 2 aromatic rings. The van der Waals surface area contributed by atoms with E-state index >= 15 is 0 Å². The number of likely N-dealkylation sites (tertiary alicyclic amines) is 1. The highest BCUT2D eigenvalue weighted by atomic mass is 16.3. The summed E-state index contributed by atoms with van der Waals surface area (Å²) in [4.78, 5) is 18.2. The molecule has 3 rings (SSSR count). The van der Waals surface area contributed by atoms with E-state index < -0.39 is 0 Å². The van der Waals surface area contributed by atoms with Crippen molar-refractivity contribution in [3.8, 4) is 0 Å². The number of hydrogen-bond acceptors (Lipinski definition) is 4. The average Bonchev–Trinajstić information content (AvgIpc) is 3.06. The number of benzene rings is 1. The first-order chi connectivity index (χ1) is 11.6. The molecule has 0 bridgehead atoms. The third-order valence-electron chi connectivity index (χ3n) is 4.89. The lowest BCUT2D eigenvalue weighted by atomic mass is 9.88. The molecule has 1 aromatic heterocycles. The number of carbonyl (C=O) groups excluding carboxylic acids is 1. The lowest BCUT2D eigenvalue weighted by Gasteiger charge is -2.34. The van der Waals surface area contributed by atoms with E-state index in [-0.39, 0.29) is 17.9 Å². The first-order valence-electron chi connectivity index (χ1n) is 8.56. The van der Waals surface area contributed by atoms with Crippen LogP contribution < -0.4 is 0 Å².